The molecule has 1 heterocycles. The highest BCUT2D eigenvalue weighted by Crippen LogP contribution is 2.15. The molecule has 0 saturated heterocycles. The quantitative estimate of drug-likeness (QED) is 0.599. The molecule has 4 nitrogen and oxygen atoms in total. The van der Waals surface area contributed by atoms with Gasteiger partial charge < -0.3 is 16.2 Å². The fourth-order valence-electron chi connectivity index (χ4n) is 1.02. The first-order chi connectivity index (χ1) is 8.15. The number of anilines is 1. The van der Waals surface area contributed by atoms with Gasteiger partial charge in [-0.2, -0.15) is 0 Å². The minimum atomic E-state index is 0.395. The first-order valence-corrected chi connectivity index (χ1v) is 4.97. The fraction of sp³-hybridized carbons (Fsp3) is 0. The molecule has 0 atom stereocenters. The van der Waals surface area contributed by atoms with Crippen molar-refractivity contribution in [3.63, 3.8) is 0 Å². The maximum Gasteiger partial charge on any atom is 0.132 e. The van der Waals surface area contributed by atoms with Crippen molar-refractivity contribution in [2.24, 2.45) is 5.73 Å². The van der Waals surface area contributed by atoms with Crippen LogP contribution in [-0.2, 0) is 0 Å². The van der Waals surface area contributed by atoms with E-state index in [0.717, 1.165) is 0 Å². The Morgan fingerprint density at radius 1 is 1.29 bits per heavy atom. The average molecular weight is 229 g/mol. The van der Waals surface area contributed by atoms with Crippen LogP contribution in [0.25, 0.3) is 0 Å². The second-order valence-electron chi connectivity index (χ2n) is 3.16. The van der Waals surface area contributed by atoms with Crippen molar-refractivity contribution in [1.29, 1.82) is 0 Å². The van der Waals surface area contributed by atoms with Gasteiger partial charge >= 0.3 is 0 Å². The Kier molecular flexibility index (Phi) is 4.57. The van der Waals surface area contributed by atoms with E-state index in [1.807, 2.05) is 0 Å². The molecule has 4 N–H and O–H groups in total. The molecular weight excluding hydrogens is 214 g/mol. The van der Waals surface area contributed by atoms with Crippen molar-refractivity contribution < 1.29 is 4.74 Å². The number of hydrogen-bond donors (Lipinski definition) is 2. The van der Waals surface area contributed by atoms with Gasteiger partial charge in [0, 0.05) is 18.0 Å². The molecule has 0 aliphatic rings. The van der Waals surface area contributed by atoms with E-state index in [1.54, 1.807) is 42.6 Å². The summed E-state index contributed by atoms with van der Waals surface area (Å²) in [5, 5.41) is 0. The highest BCUT2D eigenvalue weighted by atomic mass is 16.5. The lowest BCUT2D eigenvalue weighted by molar-refractivity contribution is 0.444. The summed E-state index contributed by atoms with van der Waals surface area (Å²) in [6.45, 7) is 7.19. The molecule has 17 heavy (non-hydrogen) atoms. The van der Waals surface area contributed by atoms with E-state index in [1.165, 1.54) is 0 Å². The molecule has 0 saturated carbocycles. The lowest BCUT2D eigenvalue weighted by atomic mass is 10.3. The number of nitrogens with zero attached hydrogens (tertiary/aromatic N) is 1. The van der Waals surface area contributed by atoms with Gasteiger partial charge in [0.1, 0.15) is 17.3 Å². The van der Waals surface area contributed by atoms with Crippen LogP contribution in [-0.4, -0.2) is 4.98 Å². The topological polar surface area (TPSA) is 74.2 Å². The van der Waals surface area contributed by atoms with Crippen LogP contribution in [0.3, 0.4) is 0 Å². The average Bonchev–Trinajstić information content (AvgIpc) is 2.34. The van der Waals surface area contributed by atoms with Crippen LogP contribution in [0, 0.1) is 0 Å². The molecule has 88 valence electrons. The Balaban J connectivity index is 2.84. The monoisotopic (exact) mass is 229 g/mol. The van der Waals surface area contributed by atoms with E-state index in [9.17, 15) is 0 Å². The Hall–Kier alpha value is -2.49. The molecule has 1 aromatic rings. The molecule has 0 aliphatic carbocycles. The van der Waals surface area contributed by atoms with Crippen molar-refractivity contribution in [3.05, 3.63) is 67.2 Å². The third-order valence-electron chi connectivity index (χ3n) is 1.87. The number of allylic oxidation sites excluding steroid dienone is 4. The van der Waals surface area contributed by atoms with Crippen molar-refractivity contribution in [2.75, 3.05) is 5.73 Å². The third kappa shape index (κ3) is 4.25. The minimum absolute atomic E-state index is 0.395. The molecule has 0 radical (unpaired) electrons. The number of pyridine rings is 1. The first-order valence-electron chi connectivity index (χ1n) is 4.97. The molecule has 0 unspecified atom stereocenters. The molecule has 1 rings (SSSR count). The van der Waals surface area contributed by atoms with E-state index in [-0.39, 0.29) is 0 Å². The summed E-state index contributed by atoms with van der Waals surface area (Å²) in [6.07, 6.45) is 8.06. The van der Waals surface area contributed by atoms with E-state index in [2.05, 4.69) is 18.1 Å². The highest BCUT2D eigenvalue weighted by Gasteiger charge is 1.97. The normalized spacial score (nSPS) is 12.0. The smallest absolute Gasteiger partial charge is 0.132 e. The summed E-state index contributed by atoms with van der Waals surface area (Å²) in [7, 11) is 0. The predicted molar refractivity (Wildman–Crippen MR) is 70.0 cm³/mol. The third-order valence-corrected chi connectivity index (χ3v) is 1.87. The SMILES string of the molecule is C=C/C(N)=C\C=C(/C=C)Oc1ccnc(N)c1. The maximum atomic E-state index is 5.57. The Labute approximate surface area is 101 Å². The zero-order valence-corrected chi connectivity index (χ0v) is 9.47. The highest BCUT2D eigenvalue weighted by molar-refractivity contribution is 5.37. The van der Waals surface area contributed by atoms with Crippen molar-refractivity contribution >= 4 is 5.82 Å². The second kappa shape index (κ2) is 6.17. The standard InChI is InChI=1S/C13H15N3O/c1-3-10(14)5-6-11(4-2)17-12-7-8-16-13(15)9-12/h3-9H,1-2,14H2,(H2,15,16)/b10-5+,11-6+. The number of nitrogens with two attached hydrogens (primary N) is 2. The molecule has 4 heteroatoms. The molecule has 0 bridgehead atoms. The minimum Gasteiger partial charge on any atom is -0.457 e. The summed E-state index contributed by atoms with van der Waals surface area (Å²) in [6, 6.07) is 3.33. The van der Waals surface area contributed by atoms with Crippen molar-refractivity contribution in [3.8, 4) is 5.75 Å². The van der Waals surface area contributed by atoms with E-state index in [0.29, 0.717) is 23.0 Å². The fourth-order valence-corrected chi connectivity index (χ4v) is 1.02. The number of nitrogen functional groups attached to an aromatic ring is 1. The van der Waals surface area contributed by atoms with Crippen LogP contribution in [0.4, 0.5) is 5.82 Å². The molecular formula is C13H15N3O. The van der Waals surface area contributed by atoms with E-state index in [4.69, 9.17) is 16.2 Å². The van der Waals surface area contributed by atoms with Crippen LogP contribution in [0.15, 0.2) is 67.2 Å². The number of ether oxygens (including phenoxy) is 1. The van der Waals surface area contributed by atoms with Gasteiger partial charge in [0.05, 0.1) is 0 Å². The van der Waals surface area contributed by atoms with Gasteiger partial charge in [0.2, 0.25) is 0 Å². The zero-order valence-electron chi connectivity index (χ0n) is 9.47. The molecule has 0 fully saturated rings. The molecule has 0 aromatic carbocycles. The summed E-state index contributed by atoms with van der Waals surface area (Å²) >= 11 is 0. The van der Waals surface area contributed by atoms with Crippen LogP contribution >= 0.6 is 0 Å². The summed E-state index contributed by atoms with van der Waals surface area (Å²) < 4.78 is 5.53. The van der Waals surface area contributed by atoms with Gasteiger partial charge in [-0.05, 0) is 30.4 Å². The van der Waals surface area contributed by atoms with Gasteiger partial charge in [0.15, 0.2) is 0 Å². The van der Waals surface area contributed by atoms with Crippen LogP contribution < -0.4 is 16.2 Å². The maximum absolute atomic E-state index is 5.57. The van der Waals surface area contributed by atoms with E-state index >= 15 is 0 Å². The molecule has 0 spiro atoms. The molecule has 1 aromatic heterocycles. The number of rotatable bonds is 5. The van der Waals surface area contributed by atoms with Gasteiger partial charge in [0.25, 0.3) is 0 Å². The van der Waals surface area contributed by atoms with Gasteiger partial charge in [-0.15, -0.1) is 0 Å². The van der Waals surface area contributed by atoms with Gasteiger partial charge in [-0.1, -0.05) is 13.2 Å². The predicted octanol–water partition coefficient (Wildman–Crippen LogP) is 2.14. The van der Waals surface area contributed by atoms with E-state index < -0.39 is 0 Å². The van der Waals surface area contributed by atoms with Gasteiger partial charge in [-0.3, -0.25) is 0 Å². The second-order valence-corrected chi connectivity index (χ2v) is 3.16. The first kappa shape index (κ1) is 12.6. The Morgan fingerprint density at radius 3 is 2.65 bits per heavy atom. The van der Waals surface area contributed by atoms with Crippen LogP contribution in [0.2, 0.25) is 0 Å². The van der Waals surface area contributed by atoms with Crippen molar-refractivity contribution in [2.45, 2.75) is 0 Å². The lowest BCUT2D eigenvalue weighted by Gasteiger charge is -2.05. The molecule has 0 aliphatic heterocycles. The Bertz CT molecular complexity index is 475. The number of hydrogen-bond acceptors (Lipinski definition) is 4. The lowest BCUT2D eigenvalue weighted by Crippen LogP contribution is -1.96. The van der Waals surface area contributed by atoms with Crippen LogP contribution in [0.5, 0.6) is 5.75 Å². The molecule has 0 amide bonds. The summed E-state index contributed by atoms with van der Waals surface area (Å²) in [4.78, 5) is 3.87. The summed E-state index contributed by atoms with van der Waals surface area (Å²) in [5.41, 5.74) is 11.7. The Morgan fingerprint density at radius 2 is 2.06 bits per heavy atom. The zero-order chi connectivity index (χ0) is 12.7. The summed E-state index contributed by atoms with van der Waals surface area (Å²) in [5.74, 6) is 1.54. The largest absolute Gasteiger partial charge is 0.457 e. The van der Waals surface area contributed by atoms with Gasteiger partial charge in [-0.25, -0.2) is 4.98 Å². The van der Waals surface area contributed by atoms with Crippen molar-refractivity contribution in [1.82, 2.24) is 4.98 Å². The van der Waals surface area contributed by atoms with Crippen LogP contribution in [0.1, 0.15) is 0 Å². The number of aromatic nitrogens is 1.